The maximum absolute atomic E-state index is 12.4. The molecule has 0 saturated heterocycles. The summed E-state index contributed by atoms with van der Waals surface area (Å²) >= 11 is 1.25. The van der Waals surface area contributed by atoms with Crippen LogP contribution in [0.1, 0.15) is 12.5 Å². The van der Waals surface area contributed by atoms with Crippen molar-refractivity contribution >= 4 is 34.0 Å². The average Bonchev–Trinajstić information content (AvgIpc) is 3.37. The summed E-state index contributed by atoms with van der Waals surface area (Å²) in [4.78, 5) is 29.2. The summed E-state index contributed by atoms with van der Waals surface area (Å²) in [6.45, 7) is 2.08. The average molecular weight is 452 g/mol. The SMILES string of the molecule is CCOc1cc(/C=c2\sc3ncnn3c2=O)ccc1OCC(=O)Nc1ccc(OC)cc1. The molecule has 0 fully saturated rings. The number of methoxy groups -OCH3 is 1. The molecule has 0 aliphatic carbocycles. The summed E-state index contributed by atoms with van der Waals surface area (Å²) in [5.74, 6) is 1.30. The number of benzene rings is 2. The summed E-state index contributed by atoms with van der Waals surface area (Å²) in [5.41, 5.74) is 1.17. The van der Waals surface area contributed by atoms with Gasteiger partial charge < -0.3 is 19.5 Å². The molecule has 0 saturated carbocycles. The van der Waals surface area contributed by atoms with Gasteiger partial charge in [-0.2, -0.15) is 9.61 Å². The minimum absolute atomic E-state index is 0.187. The molecule has 32 heavy (non-hydrogen) atoms. The lowest BCUT2D eigenvalue weighted by Gasteiger charge is -2.13. The minimum atomic E-state index is -0.307. The fraction of sp³-hybridized carbons (Fsp3) is 0.182. The Hall–Kier alpha value is -3.92. The van der Waals surface area contributed by atoms with Gasteiger partial charge in [0.25, 0.3) is 11.5 Å². The molecular formula is C22H20N4O5S. The number of aromatic nitrogens is 3. The van der Waals surface area contributed by atoms with Crippen LogP contribution in [0.2, 0.25) is 0 Å². The molecular weight excluding hydrogens is 432 g/mol. The largest absolute Gasteiger partial charge is 0.497 e. The Bertz CT molecular complexity index is 1350. The van der Waals surface area contributed by atoms with E-state index in [-0.39, 0.29) is 18.1 Å². The van der Waals surface area contributed by atoms with Gasteiger partial charge in [-0.3, -0.25) is 9.59 Å². The second-order valence-corrected chi connectivity index (χ2v) is 7.58. The van der Waals surface area contributed by atoms with Crippen LogP contribution >= 0.6 is 11.3 Å². The summed E-state index contributed by atoms with van der Waals surface area (Å²) in [7, 11) is 1.58. The Morgan fingerprint density at radius 3 is 2.69 bits per heavy atom. The number of rotatable bonds is 8. The number of nitrogens with zero attached hydrogens (tertiary/aromatic N) is 3. The molecule has 2 aromatic carbocycles. The molecule has 4 rings (SSSR count). The number of nitrogens with one attached hydrogen (secondary N) is 1. The van der Waals surface area contributed by atoms with Gasteiger partial charge in [0, 0.05) is 5.69 Å². The molecule has 0 aliphatic heterocycles. The molecule has 0 spiro atoms. The molecule has 2 aromatic heterocycles. The smallest absolute Gasteiger partial charge is 0.291 e. The molecule has 4 aromatic rings. The quantitative estimate of drug-likeness (QED) is 0.437. The summed E-state index contributed by atoms with van der Waals surface area (Å²) in [5, 5.41) is 6.68. The van der Waals surface area contributed by atoms with Crippen molar-refractivity contribution < 1.29 is 19.0 Å². The molecule has 10 heteroatoms. The maximum atomic E-state index is 12.4. The van der Waals surface area contributed by atoms with Crippen molar-refractivity contribution in [2.75, 3.05) is 25.6 Å². The van der Waals surface area contributed by atoms with Crippen LogP contribution in [0.4, 0.5) is 5.69 Å². The van der Waals surface area contributed by atoms with Gasteiger partial charge in [-0.25, -0.2) is 4.98 Å². The van der Waals surface area contributed by atoms with Crippen LogP contribution in [0.3, 0.4) is 0 Å². The van der Waals surface area contributed by atoms with E-state index < -0.39 is 0 Å². The summed E-state index contributed by atoms with van der Waals surface area (Å²) in [6.07, 6.45) is 3.09. The highest BCUT2D eigenvalue weighted by Crippen LogP contribution is 2.29. The first kappa shape index (κ1) is 21.3. The van der Waals surface area contributed by atoms with Crippen molar-refractivity contribution in [3.63, 3.8) is 0 Å². The van der Waals surface area contributed by atoms with E-state index in [0.717, 1.165) is 5.56 Å². The van der Waals surface area contributed by atoms with Crippen LogP contribution in [-0.2, 0) is 4.79 Å². The lowest BCUT2D eigenvalue weighted by atomic mass is 10.2. The van der Waals surface area contributed by atoms with Crippen molar-refractivity contribution in [2.45, 2.75) is 6.92 Å². The zero-order chi connectivity index (χ0) is 22.5. The number of amides is 1. The second-order valence-electron chi connectivity index (χ2n) is 6.57. The lowest BCUT2D eigenvalue weighted by Crippen LogP contribution is -2.23. The molecule has 1 N–H and O–H groups in total. The fourth-order valence-electron chi connectivity index (χ4n) is 2.95. The molecule has 2 heterocycles. The van der Waals surface area contributed by atoms with E-state index >= 15 is 0 Å². The van der Waals surface area contributed by atoms with Gasteiger partial charge in [0.15, 0.2) is 18.1 Å². The van der Waals surface area contributed by atoms with E-state index in [4.69, 9.17) is 14.2 Å². The highest BCUT2D eigenvalue weighted by atomic mass is 32.1. The third-order valence-electron chi connectivity index (χ3n) is 4.42. The van der Waals surface area contributed by atoms with Crippen molar-refractivity contribution in [1.82, 2.24) is 14.6 Å². The predicted octanol–water partition coefficient (Wildman–Crippen LogP) is 2.12. The predicted molar refractivity (Wildman–Crippen MR) is 121 cm³/mol. The number of carbonyl (C=O) groups is 1. The first-order chi connectivity index (χ1) is 15.6. The zero-order valence-corrected chi connectivity index (χ0v) is 18.2. The molecule has 1 amide bonds. The monoisotopic (exact) mass is 452 g/mol. The Morgan fingerprint density at radius 1 is 1.16 bits per heavy atom. The first-order valence-corrected chi connectivity index (χ1v) is 10.6. The highest BCUT2D eigenvalue weighted by molar-refractivity contribution is 7.15. The number of carbonyl (C=O) groups excluding carboxylic acids is 1. The third-order valence-corrected chi connectivity index (χ3v) is 5.39. The van der Waals surface area contributed by atoms with Crippen LogP contribution < -0.4 is 29.6 Å². The van der Waals surface area contributed by atoms with Crippen molar-refractivity contribution in [3.05, 3.63) is 69.2 Å². The van der Waals surface area contributed by atoms with Gasteiger partial charge in [-0.05, 0) is 55.0 Å². The highest BCUT2D eigenvalue weighted by Gasteiger charge is 2.11. The van der Waals surface area contributed by atoms with Gasteiger partial charge in [0.1, 0.15) is 12.1 Å². The van der Waals surface area contributed by atoms with Gasteiger partial charge in [-0.15, -0.1) is 0 Å². The van der Waals surface area contributed by atoms with Gasteiger partial charge in [-0.1, -0.05) is 17.4 Å². The zero-order valence-electron chi connectivity index (χ0n) is 17.4. The van der Waals surface area contributed by atoms with Crippen LogP contribution in [0.15, 0.2) is 53.6 Å². The number of anilines is 1. The Balaban J connectivity index is 1.48. The van der Waals surface area contributed by atoms with Crippen molar-refractivity contribution in [2.24, 2.45) is 0 Å². The minimum Gasteiger partial charge on any atom is -0.497 e. The number of hydrogen-bond donors (Lipinski definition) is 1. The molecule has 0 unspecified atom stereocenters. The normalized spacial score (nSPS) is 11.5. The number of fused-ring (bicyclic) bond motifs is 1. The van der Waals surface area contributed by atoms with E-state index in [1.54, 1.807) is 55.7 Å². The number of hydrogen-bond acceptors (Lipinski definition) is 8. The Kier molecular flexibility index (Phi) is 6.31. The molecule has 164 valence electrons. The number of ether oxygens (including phenoxy) is 3. The van der Waals surface area contributed by atoms with E-state index in [1.165, 1.54) is 22.2 Å². The third kappa shape index (κ3) is 4.70. The van der Waals surface area contributed by atoms with Gasteiger partial charge in [0.05, 0.1) is 18.2 Å². The lowest BCUT2D eigenvalue weighted by molar-refractivity contribution is -0.118. The first-order valence-electron chi connectivity index (χ1n) is 9.75. The molecule has 0 radical (unpaired) electrons. The fourth-order valence-corrected chi connectivity index (χ4v) is 3.83. The molecule has 0 aliphatic rings. The summed E-state index contributed by atoms with van der Waals surface area (Å²) in [6, 6.07) is 12.3. The van der Waals surface area contributed by atoms with Crippen molar-refractivity contribution in [3.8, 4) is 17.2 Å². The number of thiazole rings is 1. The maximum Gasteiger partial charge on any atom is 0.291 e. The van der Waals surface area contributed by atoms with Crippen LogP contribution in [0.5, 0.6) is 17.2 Å². The van der Waals surface area contributed by atoms with Crippen LogP contribution in [0.25, 0.3) is 11.0 Å². The Morgan fingerprint density at radius 2 is 1.97 bits per heavy atom. The standard InChI is InChI=1S/C22H20N4O5S/c1-3-30-18-10-14(11-19-21(28)26-22(32-19)23-13-24-26)4-9-17(18)31-12-20(27)25-15-5-7-16(29-2)8-6-15/h4-11,13H,3,12H2,1-2H3,(H,25,27)/b19-11-. The van der Waals surface area contributed by atoms with Gasteiger partial charge >= 0.3 is 0 Å². The molecule has 9 nitrogen and oxygen atoms in total. The van der Waals surface area contributed by atoms with E-state index in [0.29, 0.717) is 39.0 Å². The topological polar surface area (TPSA) is 104 Å². The van der Waals surface area contributed by atoms with E-state index in [2.05, 4.69) is 15.4 Å². The van der Waals surface area contributed by atoms with Crippen molar-refractivity contribution in [1.29, 1.82) is 0 Å². The molecule has 0 atom stereocenters. The summed E-state index contributed by atoms with van der Waals surface area (Å²) < 4.78 is 18.2. The Labute approximate surface area is 186 Å². The van der Waals surface area contributed by atoms with E-state index in [1.807, 2.05) is 6.92 Å². The molecule has 0 bridgehead atoms. The van der Waals surface area contributed by atoms with Gasteiger partial charge in [0.2, 0.25) is 4.96 Å². The van der Waals surface area contributed by atoms with E-state index in [9.17, 15) is 9.59 Å². The van der Waals surface area contributed by atoms with Crippen LogP contribution in [0, 0.1) is 0 Å². The second kappa shape index (κ2) is 9.48. The van der Waals surface area contributed by atoms with Crippen LogP contribution in [-0.4, -0.2) is 40.8 Å².